The van der Waals surface area contributed by atoms with E-state index in [9.17, 15) is 13.2 Å². The van der Waals surface area contributed by atoms with Crippen molar-refractivity contribution in [3.63, 3.8) is 0 Å². The quantitative estimate of drug-likeness (QED) is 0.857. The van der Waals surface area contributed by atoms with Crippen molar-refractivity contribution in [2.75, 3.05) is 32.6 Å². The molecule has 0 radical (unpaired) electrons. The van der Waals surface area contributed by atoms with Crippen LogP contribution in [0.15, 0.2) is 30.3 Å². The molecule has 1 amide bonds. The summed E-state index contributed by atoms with van der Waals surface area (Å²) in [4.78, 5) is 14.1. The molecule has 2 rings (SSSR count). The van der Waals surface area contributed by atoms with Crippen LogP contribution in [0.2, 0.25) is 0 Å². The number of carbonyl (C=O) groups excluding carboxylic acids is 1. The number of nitrogens with zero attached hydrogens (tertiary/aromatic N) is 1. The molecule has 0 spiro atoms. The Morgan fingerprint density at radius 2 is 1.85 bits per heavy atom. The van der Waals surface area contributed by atoms with Gasteiger partial charge in [-0.25, -0.2) is 8.42 Å². The molecule has 1 fully saturated rings. The molecule has 1 saturated heterocycles. The number of hydrogen-bond donors (Lipinski definition) is 1. The highest BCUT2D eigenvalue weighted by Gasteiger charge is 2.29. The van der Waals surface area contributed by atoms with Crippen LogP contribution in [0, 0.1) is 0 Å². The Balaban J connectivity index is 2.24. The average molecular weight is 298 g/mol. The number of carbonyl (C=O) groups is 1. The van der Waals surface area contributed by atoms with E-state index < -0.39 is 16.1 Å². The van der Waals surface area contributed by atoms with Crippen LogP contribution < -0.4 is 4.72 Å². The Bertz CT molecular complexity index is 553. The summed E-state index contributed by atoms with van der Waals surface area (Å²) in [6.45, 7) is 1.92. The molecule has 0 saturated carbocycles. The lowest BCUT2D eigenvalue weighted by atomic mass is 10.1. The van der Waals surface area contributed by atoms with Crippen molar-refractivity contribution in [2.45, 2.75) is 6.04 Å². The van der Waals surface area contributed by atoms with Crippen LogP contribution >= 0.6 is 0 Å². The molecular weight excluding hydrogens is 280 g/mol. The van der Waals surface area contributed by atoms with E-state index in [4.69, 9.17) is 4.74 Å². The van der Waals surface area contributed by atoms with Crippen LogP contribution in [0.4, 0.5) is 0 Å². The van der Waals surface area contributed by atoms with E-state index >= 15 is 0 Å². The van der Waals surface area contributed by atoms with Crippen molar-refractivity contribution >= 4 is 15.9 Å². The van der Waals surface area contributed by atoms with E-state index in [1.54, 1.807) is 29.2 Å². The summed E-state index contributed by atoms with van der Waals surface area (Å²) in [6, 6.07) is 7.96. The number of morpholine rings is 1. The first-order valence-corrected chi connectivity index (χ1v) is 8.25. The number of rotatable bonds is 4. The summed E-state index contributed by atoms with van der Waals surface area (Å²) in [5, 5.41) is 0. The zero-order chi connectivity index (χ0) is 14.6. The summed E-state index contributed by atoms with van der Waals surface area (Å²) < 4.78 is 30.6. The first-order valence-electron chi connectivity index (χ1n) is 6.36. The highest BCUT2D eigenvalue weighted by atomic mass is 32.2. The van der Waals surface area contributed by atoms with Gasteiger partial charge in [0.2, 0.25) is 15.9 Å². The Hall–Kier alpha value is -1.44. The van der Waals surface area contributed by atoms with Gasteiger partial charge in [0.15, 0.2) is 0 Å². The van der Waals surface area contributed by atoms with Gasteiger partial charge in [0.1, 0.15) is 6.04 Å². The molecule has 1 aromatic rings. The fourth-order valence-electron chi connectivity index (χ4n) is 2.09. The van der Waals surface area contributed by atoms with Crippen molar-refractivity contribution in [3.8, 4) is 0 Å². The highest BCUT2D eigenvalue weighted by Crippen LogP contribution is 2.17. The van der Waals surface area contributed by atoms with E-state index in [-0.39, 0.29) is 5.91 Å². The second-order valence-electron chi connectivity index (χ2n) is 4.67. The van der Waals surface area contributed by atoms with Crippen LogP contribution in [-0.4, -0.2) is 51.8 Å². The van der Waals surface area contributed by atoms with Crippen molar-refractivity contribution in [1.82, 2.24) is 9.62 Å². The van der Waals surface area contributed by atoms with E-state index in [2.05, 4.69) is 4.72 Å². The van der Waals surface area contributed by atoms with Crippen molar-refractivity contribution in [3.05, 3.63) is 35.9 Å². The Morgan fingerprint density at radius 1 is 1.25 bits per heavy atom. The molecule has 1 atom stereocenters. The third kappa shape index (κ3) is 4.03. The molecule has 1 N–H and O–H groups in total. The summed E-state index contributed by atoms with van der Waals surface area (Å²) in [5.74, 6) is -0.245. The third-order valence-electron chi connectivity index (χ3n) is 3.03. The molecule has 1 aromatic carbocycles. The number of amides is 1. The Kier molecular flexibility index (Phi) is 4.74. The molecule has 0 bridgehead atoms. The lowest BCUT2D eigenvalue weighted by molar-refractivity contribution is -0.137. The number of sulfonamides is 1. The molecule has 6 nitrogen and oxygen atoms in total. The van der Waals surface area contributed by atoms with E-state index in [0.717, 1.165) is 6.26 Å². The summed E-state index contributed by atoms with van der Waals surface area (Å²) >= 11 is 0. The number of ether oxygens (including phenoxy) is 1. The minimum Gasteiger partial charge on any atom is -0.378 e. The zero-order valence-electron chi connectivity index (χ0n) is 11.3. The van der Waals surface area contributed by atoms with Crippen LogP contribution in [0.3, 0.4) is 0 Å². The topological polar surface area (TPSA) is 75.7 Å². The SMILES string of the molecule is CS(=O)(=O)N[C@H](C(=O)N1CCOCC1)c1ccccc1. The molecule has 0 aromatic heterocycles. The van der Waals surface area contributed by atoms with Gasteiger partial charge < -0.3 is 9.64 Å². The van der Waals surface area contributed by atoms with Gasteiger partial charge in [-0.3, -0.25) is 4.79 Å². The fourth-order valence-corrected chi connectivity index (χ4v) is 2.75. The van der Waals surface area contributed by atoms with Gasteiger partial charge in [-0.05, 0) is 5.56 Å². The van der Waals surface area contributed by atoms with Crippen LogP contribution in [0.5, 0.6) is 0 Å². The third-order valence-corrected chi connectivity index (χ3v) is 3.70. The first-order chi connectivity index (χ1) is 9.47. The van der Waals surface area contributed by atoms with Gasteiger partial charge in [0.05, 0.1) is 19.5 Å². The molecular formula is C13H18N2O4S. The van der Waals surface area contributed by atoms with E-state index in [1.165, 1.54) is 0 Å². The minimum atomic E-state index is -3.48. The largest absolute Gasteiger partial charge is 0.378 e. The van der Waals surface area contributed by atoms with Crippen molar-refractivity contribution in [1.29, 1.82) is 0 Å². The predicted octanol–water partition coefficient (Wildman–Crippen LogP) is 0.136. The summed E-state index contributed by atoms with van der Waals surface area (Å²) in [5.41, 5.74) is 0.634. The van der Waals surface area contributed by atoms with E-state index in [0.29, 0.717) is 31.9 Å². The van der Waals surface area contributed by atoms with Gasteiger partial charge in [-0.1, -0.05) is 30.3 Å². The average Bonchev–Trinajstić information content (AvgIpc) is 2.45. The summed E-state index contributed by atoms with van der Waals surface area (Å²) in [6.07, 6.45) is 1.05. The smallest absolute Gasteiger partial charge is 0.245 e. The highest BCUT2D eigenvalue weighted by molar-refractivity contribution is 7.88. The van der Waals surface area contributed by atoms with Gasteiger partial charge in [0.25, 0.3) is 0 Å². The number of hydrogen-bond acceptors (Lipinski definition) is 4. The van der Waals surface area contributed by atoms with Crippen LogP contribution in [0.1, 0.15) is 11.6 Å². The lowest BCUT2D eigenvalue weighted by Gasteiger charge is -2.30. The predicted molar refractivity (Wildman–Crippen MR) is 74.6 cm³/mol. The second-order valence-corrected chi connectivity index (χ2v) is 6.45. The molecule has 1 heterocycles. The number of nitrogens with one attached hydrogen (secondary N) is 1. The standard InChI is InChI=1S/C13H18N2O4S/c1-20(17,18)14-12(11-5-3-2-4-6-11)13(16)15-7-9-19-10-8-15/h2-6,12,14H,7-10H2,1H3/t12-/m0/s1. The molecule has 0 unspecified atom stereocenters. The van der Waals surface area contributed by atoms with Crippen LogP contribution in [-0.2, 0) is 19.6 Å². The maximum atomic E-state index is 12.5. The fraction of sp³-hybridized carbons (Fsp3) is 0.462. The van der Waals surface area contributed by atoms with Gasteiger partial charge in [-0.2, -0.15) is 4.72 Å². The molecule has 110 valence electrons. The van der Waals surface area contributed by atoms with E-state index in [1.807, 2.05) is 6.07 Å². The Morgan fingerprint density at radius 3 is 2.40 bits per heavy atom. The molecule has 1 aliphatic heterocycles. The molecule has 1 aliphatic rings. The Labute approximate surface area is 118 Å². The zero-order valence-corrected chi connectivity index (χ0v) is 12.1. The molecule has 0 aliphatic carbocycles. The van der Waals surface area contributed by atoms with Crippen LogP contribution in [0.25, 0.3) is 0 Å². The van der Waals surface area contributed by atoms with Gasteiger partial charge >= 0.3 is 0 Å². The molecule has 7 heteroatoms. The first kappa shape index (κ1) is 15.0. The maximum Gasteiger partial charge on any atom is 0.245 e. The lowest BCUT2D eigenvalue weighted by Crippen LogP contribution is -2.47. The van der Waals surface area contributed by atoms with Gasteiger partial charge in [0, 0.05) is 13.1 Å². The summed E-state index contributed by atoms with van der Waals surface area (Å²) in [7, 11) is -3.48. The molecule has 20 heavy (non-hydrogen) atoms. The minimum absolute atomic E-state index is 0.245. The second kappa shape index (κ2) is 6.34. The normalized spacial score (nSPS) is 17.8. The number of benzene rings is 1. The maximum absolute atomic E-state index is 12.5. The monoisotopic (exact) mass is 298 g/mol. The van der Waals surface area contributed by atoms with Gasteiger partial charge in [-0.15, -0.1) is 0 Å². The van der Waals surface area contributed by atoms with Crippen molar-refractivity contribution in [2.24, 2.45) is 0 Å². The van der Waals surface area contributed by atoms with Crippen molar-refractivity contribution < 1.29 is 17.9 Å².